The Kier molecular flexibility index (Phi) is 22.4. The second kappa shape index (κ2) is 37.3. The summed E-state index contributed by atoms with van der Waals surface area (Å²) in [4.78, 5) is 4.85. The number of hydrogen-bond acceptors (Lipinski definition) is 5. The molecule has 0 unspecified atom stereocenters. The molecular formula is C143H92I2N2O3. The minimum atomic E-state index is -0.823. The maximum atomic E-state index is 7.48. The summed E-state index contributed by atoms with van der Waals surface area (Å²) in [6, 6.07) is 198. The van der Waals surface area contributed by atoms with Gasteiger partial charge in [0.05, 0.1) is 27.9 Å². The number of hydrogen-bond donors (Lipinski definition) is 0. The third-order valence-corrected chi connectivity index (χ3v) is 32.6. The molecule has 2 aliphatic rings. The molecule has 2 aliphatic carbocycles. The Balaban J connectivity index is 0.000000142. The van der Waals surface area contributed by atoms with Gasteiger partial charge in [-0.2, -0.15) is 0 Å². The molecular weight excluding hydrogens is 2050 g/mol. The Hall–Kier alpha value is -17.7. The highest BCUT2D eigenvalue weighted by atomic mass is 127. The van der Waals surface area contributed by atoms with Crippen molar-refractivity contribution in [3.63, 3.8) is 0 Å². The standard InChI is InChI=1S/C85H54N2O2.C29H18I2.C29H20O/c1-7-27-55(28-8-1)71-51-57-31-19-21-41-64(57)79-69-45-25-47-75(81(69)88-83(71)79)86(61-37-15-5-16-38-61)63-49-50-68-73(53-63)85(59-33-11-3-12-34-59,60-35-13-4-14-36-60)74-54-77(66-43-23-24-44-67(66)78(68)74)87(62-39-17-6-18-40-62)76-48-26-46-70-80-65-42-22-20-32-58(65)52-72(84(80)89-82(70)76)56-29-9-2-10-30-56;30-21-15-16-24-25(17-21)29(19-9-3-1-4-10-19,20-11-5-2-6-12-20)26-18-27(31)22-13-7-8-14-23(22)28(24)26;1-3-10-20(11-4-1)18-23-15-9-17-25-27-24-16-8-7-14-22(24)19-26(29(27)30-28(23)25)21-12-5-2-6-13-21/h1-54H;1-18H;1-17,19H,18H2. The Morgan fingerprint density at radius 2 is 0.527 bits per heavy atom. The van der Waals surface area contributed by atoms with Crippen LogP contribution in [0.25, 0.3) is 175 Å². The third kappa shape index (κ3) is 14.7. The first-order chi connectivity index (χ1) is 74.3. The Morgan fingerprint density at radius 3 is 0.973 bits per heavy atom. The van der Waals surface area contributed by atoms with Gasteiger partial charge < -0.3 is 23.1 Å². The van der Waals surface area contributed by atoms with Gasteiger partial charge in [0, 0.05) is 85.0 Å². The molecule has 25 aromatic carbocycles. The highest BCUT2D eigenvalue weighted by Crippen LogP contribution is 2.64. The lowest BCUT2D eigenvalue weighted by Crippen LogP contribution is -2.29. The molecule has 0 bridgehead atoms. The Labute approximate surface area is 895 Å². The molecule has 0 atom stereocenters. The number of fused-ring (bicyclic) bond motifs is 25. The summed E-state index contributed by atoms with van der Waals surface area (Å²) in [5.74, 6) is 0. The topological polar surface area (TPSA) is 45.9 Å². The van der Waals surface area contributed by atoms with Gasteiger partial charge in [0.15, 0.2) is 11.2 Å². The van der Waals surface area contributed by atoms with Crippen molar-refractivity contribution in [3.8, 4) is 55.6 Å². The van der Waals surface area contributed by atoms with Crippen molar-refractivity contribution in [1.29, 1.82) is 0 Å². The highest BCUT2D eigenvalue weighted by Gasteiger charge is 2.50. The molecule has 30 rings (SSSR count). The van der Waals surface area contributed by atoms with Crippen molar-refractivity contribution in [2.75, 3.05) is 9.80 Å². The molecule has 0 spiro atoms. The van der Waals surface area contributed by atoms with Gasteiger partial charge in [0.1, 0.15) is 22.3 Å². The maximum Gasteiger partial charge on any atom is 0.159 e. The summed E-state index contributed by atoms with van der Waals surface area (Å²) in [6.45, 7) is 0. The molecule has 0 saturated carbocycles. The number of rotatable bonds is 15. The first kappa shape index (κ1) is 89.8. The van der Waals surface area contributed by atoms with Crippen LogP contribution in [0.2, 0.25) is 0 Å². The zero-order chi connectivity index (χ0) is 99.5. The summed E-state index contributed by atoms with van der Waals surface area (Å²) in [5, 5.41) is 18.8. The van der Waals surface area contributed by atoms with E-state index in [1.165, 1.54) is 134 Å². The normalized spacial score (nSPS) is 12.6. The van der Waals surface area contributed by atoms with Crippen LogP contribution in [0, 0.1) is 7.14 Å². The van der Waals surface area contributed by atoms with Crippen LogP contribution < -0.4 is 9.80 Å². The lowest BCUT2D eigenvalue weighted by molar-refractivity contribution is 0.665. The fourth-order valence-electron chi connectivity index (χ4n) is 24.7. The van der Waals surface area contributed by atoms with Crippen molar-refractivity contribution >= 4 is 199 Å². The van der Waals surface area contributed by atoms with Gasteiger partial charge in [-0.3, -0.25) is 0 Å². The minimum absolute atomic E-state index is 0.335. The molecule has 0 N–H and O–H groups in total. The first-order valence-corrected chi connectivity index (χ1v) is 53.4. The van der Waals surface area contributed by atoms with E-state index in [4.69, 9.17) is 13.3 Å². The second-order valence-corrected chi connectivity index (χ2v) is 41.5. The fourth-order valence-corrected chi connectivity index (χ4v) is 25.9. The second-order valence-electron chi connectivity index (χ2n) is 39.1. The summed E-state index contributed by atoms with van der Waals surface area (Å²) in [5.41, 5.74) is 34.5. The quantitative estimate of drug-likeness (QED) is 0.0957. The average Bonchev–Trinajstić information content (AvgIpc) is 1.52. The molecule has 28 aromatic rings. The van der Waals surface area contributed by atoms with Crippen molar-refractivity contribution in [2.45, 2.75) is 17.3 Å². The van der Waals surface area contributed by atoms with Crippen LogP contribution in [0.1, 0.15) is 55.6 Å². The van der Waals surface area contributed by atoms with Gasteiger partial charge in [0.2, 0.25) is 0 Å². The Morgan fingerprint density at radius 1 is 0.200 bits per heavy atom. The number of benzene rings is 25. The van der Waals surface area contributed by atoms with E-state index >= 15 is 0 Å². The average molecular weight is 2140 g/mol. The monoisotopic (exact) mass is 2140 g/mol. The van der Waals surface area contributed by atoms with Gasteiger partial charge in [-0.05, 0) is 279 Å². The molecule has 0 saturated heterocycles. The summed E-state index contributed by atoms with van der Waals surface area (Å²) in [7, 11) is 0. The van der Waals surface area contributed by atoms with Gasteiger partial charge >= 0.3 is 0 Å². The van der Waals surface area contributed by atoms with E-state index in [0.29, 0.717) is 0 Å². The molecule has 5 nitrogen and oxygen atoms in total. The van der Waals surface area contributed by atoms with E-state index in [0.717, 1.165) is 145 Å². The van der Waals surface area contributed by atoms with Gasteiger partial charge in [-0.15, -0.1) is 0 Å². The van der Waals surface area contributed by atoms with E-state index in [-0.39, 0.29) is 5.41 Å². The van der Waals surface area contributed by atoms with E-state index < -0.39 is 5.41 Å². The van der Waals surface area contributed by atoms with Crippen LogP contribution in [0.4, 0.5) is 34.1 Å². The highest BCUT2D eigenvalue weighted by molar-refractivity contribution is 14.1. The van der Waals surface area contributed by atoms with E-state index in [1.54, 1.807) is 0 Å². The van der Waals surface area contributed by atoms with Crippen LogP contribution in [-0.4, -0.2) is 0 Å². The summed E-state index contributed by atoms with van der Waals surface area (Å²) < 4.78 is 24.1. The summed E-state index contributed by atoms with van der Waals surface area (Å²) >= 11 is 4.96. The largest absolute Gasteiger partial charge is 0.455 e. The molecule has 150 heavy (non-hydrogen) atoms. The van der Waals surface area contributed by atoms with Crippen LogP contribution >= 0.6 is 45.2 Å². The van der Waals surface area contributed by atoms with Crippen LogP contribution in [-0.2, 0) is 17.3 Å². The molecule has 7 heteroatoms. The van der Waals surface area contributed by atoms with Crippen molar-refractivity contribution in [1.82, 2.24) is 0 Å². The molecule has 0 fully saturated rings. The van der Waals surface area contributed by atoms with E-state index in [9.17, 15) is 0 Å². The lowest BCUT2D eigenvalue weighted by Gasteiger charge is -2.36. The molecule has 3 heterocycles. The molecule has 0 radical (unpaired) electrons. The van der Waals surface area contributed by atoms with Crippen LogP contribution in [0.5, 0.6) is 0 Å². The van der Waals surface area contributed by atoms with Crippen molar-refractivity contribution in [2.24, 2.45) is 0 Å². The molecule has 3 aromatic heterocycles. The smallest absolute Gasteiger partial charge is 0.159 e. The molecule has 706 valence electrons. The zero-order valence-electron chi connectivity index (χ0n) is 81.5. The fraction of sp³-hybridized carbons (Fsp3) is 0.0210. The maximum absolute atomic E-state index is 7.48. The third-order valence-electron chi connectivity index (χ3n) is 31.0. The predicted octanol–water partition coefficient (Wildman–Crippen LogP) is 40.0. The Bertz CT molecular complexity index is 10000. The van der Waals surface area contributed by atoms with Crippen molar-refractivity contribution < 1.29 is 13.3 Å². The first-order valence-electron chi connectivity index (χ1n) is 51.2. The number of halogens is 2. The lowest BCUT2D eigenvalue weighted by atomic mass is 9.67. The number of nitrogens with zero attached hydrogens (tertiary/aromatic N) is 2. The molecule has 0 aliphatic heterocycles. The van der Waals surface area contributed by atoms with Crippen LogP contribution in [0.3, 0.4) is 0 Å². The van der Waals surface area contributed by atoms with Gasteiger partial charge in [0.25, 0.3) is 0 Å². The minimum Gasteiger partial charge on any atom is -0.455 e. The zero-order valence-corrected chi connectivity index (χ0v) is 85.9. The van der Waals surface area contributed by atoms with E-state index in [2.05, 4.69) is 601 Å². The van der Waals surface area contributed by atoms with E-state index in [1.807, 2.05) is 0 Å². The van der Waals surface area contributed by atoms with Crippen LogP contribution in [0.15, 0.2) is 559 Å². The SMILES string of the molecule is Ic1ccc2c(c1)C(c1ccccc1)(c1ccccc1)c1cc(I)c3ccccc3c1-2.c1ccc(-c2cc3ccccc3c3c2oc2c(N(c4ccccc4)c4ccc5c(c4)C(c4ccccc4)(c4ccccc4)c4cc(N(c6ccccc6)c6cccc7c6oc6c(-c8ccccc8)cc8ccccc8c67)c6ccccc6c4-5)cccc23)cc1.c1ccc(Cc2cccc3c2oc2c(-c4ccccc4)cc4ccccc4c23)cc1. The number of para-hydroxylation sites is 5. The number of furan rings is 3. The van der Waals surface area contributed by atoms with Gasteiger partial charge in [-0.25, -0.2) is 0 Å². The molecule has 0 amide bonds. The predicted molar refractivity (Wildman–Crippen MR) is 644 cm³/mol. The van der Waals surface area contributed by atoms with Gasteiger partial charge in [-0.1, -0.05) is 455 Å². The number of anilines is 6. The summed E-state index contributed by atoms with van der Waals surface area (Å²) in [6.07, 6.45) is 0.858. The van der Waals surface area contributed by atoms with Crippen molar-refractivity contribution in [3.05, 3.63) is 609 Å².